The second-order valence-electron chi connectivity index (χ2n) is 19.9. The van der Waals surface area contributed by atoms with Crippen LogP contribution in [0, 0.1) is 0 Å². The molecule has 1 fully saturated rings. The molecular formula is C51H69B3Br2ClN3O9. The number of hydrogen-bond acceptors (Lipinski definition) is 10. The average Bonchev–Trinajstić information content (AvgIpc) is 4.07. The summed E-state index contributed by atoms with van der Waals surface area (Å²) < 4.78 is 25.5. The van der Waals surface area contributed by atoms with Crippen LogP contribution < -0.4 is 10.8 Å². The highest BCUT2D eigenvalue weighted by Gasteiger charge is 2.52. The smallest absolute Gasteiger partial charge is 0.440 e. The minimum atomic E-state index is -0.969. The van der Waals surface area contributed by atoms with Crippen molar-refractivity contribution in [1.82, 2.24) is 15.1 Å². The van der Waals surface area contributed by atoms with Crippen LogP contribution in [-0.2, 0) is 72.3 Å². The lowest BCUT2D eigenvalue weighted by molar-refractivity contribution is -0.127. The third-order valence-electron chi connectivity index (χ3n) is 13.1. The van der Waals surface area contributed by atoms with Gasteiger partial charge in [0.25, 0.3) is 14.7 Å². The molecule has 12 nitrogen and oxygen atoms in total. The molecule has 0 aliphatic carbocycles. The SMILES string of the molecule is Brc1cccc2c1CNC2.C=CC(=O)Cl.C=CC(=O)N1Cc2cccc(B3OC(C)(C)C(C)(C)O3)c2C1.C=CC(=O)N1Cc2cccc(Br)c2C1.CC(C)(O)C(C)(C)O[B][B]OC(C)(C)C(C)(C)O. The van der Waals surface area contributed by atoms with Crippen LogP contribution in [-0.4, -0.2) is 92.5 Å². The third kappa shape index (κ3) is 16.3. The summed E-state index contributed by atoms with van der Waals surface area (Å²) in [6.45, 7) is 36.8. The molecular weight excluding hydrogens is 1030 g/mol. The van der Waals surface area contributed by atoms with Gasteiger partial charge in [0.1, 0.15) is 0 Å². The number of halogens is 3. The van der Waals surface area contributed by atoms with Gasteiger partial charge in [-0.25, -0.2) is 0 Å². The van der Waals surface area contributed by atoms with Crippen molar-refractivity contribution in [1.29, 1.82) is 0 Å². The van der Waals surface area contributed by atoms with Crippen LogP contribution in [0.5, 0.6) is 0 Å². The summed E-state index contributed by atoms with van der Waals surface area (Å²) in [6.07, 6.45) is 3.77. The van der Waals surface area contributed by atoms with Gasteiger partial charge in [0, 0.05) is 48.2 Å². The fourth-order valence-electron chi connectivity index (χ4n) is 6.56. The van der Waals surface area contributed by atoms with E-state index in [1.807, 2.05) is 52.0 Å². The molecule has 0 unspecified atom stereocenters. The monoisotopic (exact) mass is 1090 g/mol. The van der Waals surface area contributed by atoms with E-state index >= 15 is 0 Å². The maximum absolute atomic E-state index is 11.9. The van der Waals surface area contributed by atoms with Crippen molar-refractivity contribution < 1.29 is 43.2 Å². The van der Waals surface area contributed by atoms with E-state index < -0.39 is 34.8 Å². The van der Waals surface area contributed by atoms with Crippen molar-refractivity contribution >= 4 is 87.8 Å². The molecule has 2 amide bonds. The Morgan fingerprint density at radius 2 is 1.06 bits per heavy atom. The van der Waals surface area contributed by atoms with E-state index in [4.69, 9.17) is 30.2 Å². The summed E-state index contributed by atoms with van der Waals surface area (Å²) >= 11 is 11.7. The molecule has 3 N–H and O–H groups in total. The van der Waals surface area contributed by atoms with E-state index in [1.54, 1.807) is 65.2 Å². The molecule has 4 aliphatic rings. The van der Waals surface area contributed by atoms with Gasteiger partial charge in [-0.05, 0) is 164 Å². The molecule has 4 aliphatic heterocycles. The van der Waals surface area contributed by atoms with Gasteiger partial charge in [0.15, 0.2) is 0 Å². The number of aliphatic hydroxyl groups is 2. The molecule has 0 spiro atoms. The van der Waals surface area contributed by atoms with Crippen LogP contribution >= 0.6 is 43.5 Å². The first-order valence-corrected chi connectivity index (χ1v) is 24.6. The van der Waals surface area contributed by atoms with Gasteiger partial charge in [0.05, 0.1) is 33.6 Å². The fraction of sp³-hybridized carbons (Fsp3) is 0.471. The van der Waals surface area contributed by atoms with Crippen molar-refractivity contribution in [2.45, 2.75) is 156 Å². The standard InChI is InChI=1S/C17H22BNO3.C12H26B2O4.C11H10BrNO.C8H8BrN.C3H3ClO/c1-6-15(20)19-10-12-8-7-9-14(13(12)11-19)18-21-16(2,3)17(4,5)22-18;1-9(2,15)11(5,6)17-13-14-18-12(7,8)10(3,4)16;1-2-11(14)13-6-8-4-3-5-10(12)9(8)7-13;9-8-3-1-2-6-4-10-5-7(6)8;1-2-3(4)5/h6-9H,1,10-11H2,2-5H3;15-16H,1-8H3;2-5H,1,6-7H2;1-3,10H,4-5H2;2H,1H2. The topological polar surface area (TPSA) is 147 Å². The highest BCUT2D eigenvalue weighted by Crippen LogP contribution is 2.37. The zero-order chi connectivity index (χ0) is 52.3. The number of allylic oxidation sites excluding steroid dienone is 1. The molecule has 372 valence electrons. The third-order valence-corrected chi connectivity index (χ3v) is 14.8. The van der Waals surface area contributed by atoms with Gasteiger partial charge in [-0.15, -0.1) is 0 Å². The zero-order valence-corrected chi connectivity index (χ0v) is 46.2. The van der Waals surface area contributed by atoms with Crippen LogP contribution in [0.3, 0.4) is 0 Å². The molecule has 0 aromatic heterocycles. The number of benzene rings is 3. The van der Waals surface area contributed by atoms with Crippen LogP contribution in [0.1, 0.15) is 116 Å². The summed E-state index contributed by atoms with van der Waals surface area (Å²) in [5, 5.41) is 22.6. The van der Waals surface area contributed by atoms with Gasteiger partial charge >= 0.3 is 7.12 Å². The van der Waals surface area contributed by atoms with Gasteiger partial charge in [0.2, 0.25) is 17.1 Å². The number of rotatable bonds is 11. The highest BCUT2D eigenvalue weighted by atomic mass is 79.9. The Hall–Kier alpha value is -3.35. The van der Waals surface area contributed by atoms with Crippen LogP contribution in [0.25, 0.3) is 0 Å². The number of fused-ring (bicyclic) bond motifs is 3. The first-order valence-electron chi connectivity index (χ1n) is 22.6. The van der Waals surface area contributed by atoms with E-state index in [2.05, 4.69) is 87.2 Å². The lowest BCUT2D eigenvalue weighted by Crippen LogP contribution is -2.51. The van der Waals surface area contributed by atoms with Gasteiger partial charge in [-0.3, -0.25) is 14.4 Å². The van der Waals surface area contributed by atoms with Crippen molar-refractivity contribution in [3.8, 4) is 0 Å². The Morgan fingerprint density at radius 3 is 1.45 bits per heavy atom. The van der Waals surface area contributed by atoms with E-state index in [1.165, 1.54) is 53.6 Å². The molecule has 3 aromatic rings. The summed E-state index contributed by atoms with van der Waals surface area (Å²) in [4.78, 5) is 36.3. The molecule has 0 saturated carbocycles. The average molecular weight is 1100 g/mol. The zero-order valence-electron chi connectivity index (χ0n) is 42.3. The Kier molecular flexibility index (Phi) is 21.6. The van der Waals surface area contributed by atoms with Crippen molar-refractivity contribution in [3.63, 3.8) is 0 Å². The normalized spacial score (nSPS) is 16.3. The van der Waals surface area contributed by atoms with Crippen LogP contribution in [0.4, 0.5) is 0 Å². The van der Waals surface area contributed by atoms with Crippen LogP contribution in [0.2, 0.25) is 0 Å². The minimum absolute atomic E-state index is 0.00639. The molecule has 1 saturated heterocycles. The van der Waals surface area contributed by atoms with Crippen LogP contribution in [0.15, 0.2) is 102 Å². The molecule has 0 bridgehead atoms. The predicted molar refractivity (Wildman–Crippen MR) is 285 cm³/mol. The van der Waals surface area contributed by atoms with E-state index in [0.29, 0.717) is 26.2 Å². The number of carbonyl (C=O) groups is 3. The lowest BCUT2D eigenvalue weighted by Gasteiger charge is -2.39. The summed E-state index contributed by atoms with van der Waals surface area (Å²) in [7, 11) is 2.40. The molecule has 69 heavy (non-hydrogen) atoms. The Morgan fingerprint density at radius 1 is 0.667 bits per heavy atom. The van der Waals surface area contributed by atoms with Gasteiger partial charge < -0.3 is 43.9 Å². The summed E-state index contributed by atoms with van der Waals surface area (Å²) in [5.74, 6) is -0.0517. The quantitative estimate of drug-likeness (QED) is 0.0738. The first-order chi connectivity index (χ1) is 31.8. The Bertz CT molecular complexity index is 2270. The molecule has 3 aromatic carbocycles. The number of carbonyl (C=O) groups excluding carboxylic acids is 3. The molecule has 4 heterocycles. The molecule has 7 rings (SSSR count). The minimum Gasteiger partial charge on any atom is -0.440 e. The number of hydrogen-bond donors (Lipinski definition) is 3. The lowest BCUT2D eigenvalue weighted by atomic mass is 9.62. The number of nitrogens with one attached hydrogen (secondary N) is 1. The number of amides is 2. The van der Waals surface area contributed by atoms with Gasteiger partial charge in [-0.2, -0.15) is 0 Å². The maximum atomic E-state index is 11.9. The summed E-state index contributed by atoms with van der Waals surface area (Å²) in [6, 6.07) is 18.5. The van der Waals surface area contributed by atoms with Gasteiger partial charge in [-0.1, -0.05) is 94.1 Å². The molecule has 0 atom stereocenters. The van der Waals surface area contributed by atoms with Crippen molar-refractivity contribution in [2.75, 3.05) is 0 Å². The first kappa shape index (κ1) is 60.0. The van der Waals surface area contributed by atoms with E-state index in [9.17, 15) is 24.6 Å². The maximum Gasteiger partial charge on any atom is 0.495 e. The highest BCUT2D eigenvalue weighted by molar-refractivity contribution is 9.10. The number of nitrogens with zero attached hydrogens (tertiary/aromatic N) is 2. The molecule has 18 heteroatoms. The Labute approximate surface area is 434 Å². The van der Waals surface area contributed by atoms with Crippen molar-refractivity contribution in [3.05, 3.63) is 135 Å². The molecule has 2 radical (unpaired) electrons. The Balaban J connectivity index is 0.000000242. The summed E-state index contributed by atoms with van der Waals surface area (Å²) in [5.41, 5.74) is 4.46. The second kappa shape index (κ2) is 24.9. The fourth-order valence-corrected chi connectivity index (χ4v) is 7.64. The van der Waals surface area contributed by atoms with E-state index in [-0.39, 0.29) is 23.0 Å². The second-order valence-corrected chi connectivity index (χ2v) is 22.0. The van der Waals surface area contributed by atoms with E-state index in [0.717, 1.165) is 40.2 Å². The van der Waals surface area contributed by atoms with Crippen molar-refractivity contribution in [2.24, 2.45) is 0 Å². The predicted octanol–water partition coefficient (Wildman–Crippen LogP) is 8.75. The largest absolute Gasteiger partial charge is 0.495 e.